The van der Waals surface area contributed by atoms with Crippen molar-refractivity contribution in [2.24, 2.45) is 0 Å². The van der Waals surface area contributed by atoms with E-state index in [-0.39, 0.29) is 6.10 Å². The molecule has 70 valence electrons. The summed E-state index contributed by atoms with van der Waals surface area (Å²) in [4.78, 5) is 10.6. The number of hydrogen-bond donors (Lipinski definition) is 1. The Morgan fingerprint density at radius 1 is 1.54 bits per heavy atom. The quantitative estimate of drug-likeness (QED) is 0.774. The van der Waals surface area contributed by atoms with Crippen molar-refractivity contribution in [3.05, 3.63) is 35.4 Å². The highest BCUT2D eigenvalue weighted by Gasteiger charge is 2.07. The van der Waals surface area contributed by atoms with Crippen molar-refractivity contribution in [3.8, 4) is 0 Å². The lowest BCUT2D eigenvalue weighted by molar-refractivity contribution is 0.0696. The van der Waals surface area contributed by atoms with Gasteiger partial charge in [0.2, 0.25) is 0 Å². The van der Waals surface area contributed by atoms with E-state index < -0.39 is 5.97 Å². The van der Waals surface area contributed by atoms with Crippen molar-refractivity contribution in [3.63, 3.8) is 0 Å². The molecule has 0 aliphatic heterocycles. The van der Waals surface area contributed by atoms with Gasteiger partial charge in [0.15, 0.2) is 0 Å². The monoisotopic (exact) mass is 180 g/mol. The molecule has 0 heterocycles. The maximum Gasteiger partial charge on any atom is 0.335 e. The summed E-state index contributed by atoms with van der Waals surface area (Å²) in [7, 11) is 1.60. The SMILES string of the molecule is CO[C@H](C)c1cccc(C(=O)O)c1. The van der Waals surface area contributed by atoms with Crippen LogP contribution in [0.5, 0.6) is 0 Å². The number of carbonyl (C=O) groups is 1. The van der Waals surface area contributed by atoms with Crippen LogP contribution in [0, 0.1) is 0 Å². The van der Waals surface area contributed by atoms with Crippen molar-refractivity contribution < 1.29 is 14.6 Å². The second-order valence-corrected chi connectivity index (χ2v) is 2.81. The minimum atomic E-state index is -0.912. The highest BCUT2D eigenvalue weighted by Crippen LogP contribution is 2.16. The number of carboxylic acids is 1. The third kappa shape index (κ3) is 2.29. The second kappa shape index (κ2) is 4.05. The minimum Gasteiger partial charge on any atom is -0.478 e. The molecule has 13 heavy (non-hydrogen) atoms. The molecule has 3 heteroatoms. The van der Waals surface area contributed by atoms with Gasteiger partial charge in [-0.2, -0.15) is 0 Å². The van der Waals surface area contributed by atoms with Gasteiger partial charge in [0, 0.05) is 7.11 Å². The van der Waals surface area contributed by atoms with Gasteiger partial charge in [0.05, 0.1) is 11.7 Å². The summed E-state index contributed by atoms with van der Waals surface area (Å²) in [5.41, 5.74) is 1.17. The fourth-order valence-electron chi connectivity index (χ4n) is 1.06. The molecular weight excluding hydrogens is 168 g/mol. The van der Waals surface area contributed by atoms with Crippen LogP contribution in [-0.2, 0) is 4.74 Å². The van der Waals surface area contributed by atoms with E-state index in [4.69, 9.17) is 9.84 Å². The number of carboxylic acid groups (broad SMARTS) is 1. The maximum absolute atomic E-state index is 10.6. The predicted octanol–water partition coefficient (Wildman–Crippen LogP) is 2.09. The average Bonchev–Trinajstić information content (AvgIpc) is 2.17. The molecule has 0 unspecified atom stereocenters. The lowest BCUT2D eigenvalue weighted by atomic mass is 10.1. The van der Waals surface area contributed by atoms with E-state index in [9.17, 15) is 4.79 Å². The Balaban J connectivity index is 2.98. The summed E-state index contributed by atoms with van der Waals surface area (Å²) in [6.07, 6.45) is -0.0701. The summed E-state index contributed by atoms with van der Waals surface area (Å²) < 4.78 is 5.08. The number of benzene rings is 1. The van der Waals surface area contributed by atoms with Crippen molar-refractivity contribution in [2.75, 3.05) is 7.11 Å². The highest BCUT2D eigenvalue weighted by molar-refractivity contribution is 5.87. The van der Waals surface area contributed by atoms with Crippen LogP contribution in [0.2, 0.25) is 0 Å². The lowest BCUT2D eigenvalue weighted by Crippen LogP contribution is -2.00. The zero-order chi connectivity index (χ0) is 9.84. The number of aromatic carboxylic acids is 1. The van der Waals surface area contributed by atoms with Crippen LogP contribution in [-0.4, -0.2) is 18.2 Å². The Labute approximate surface area is 77.0 Å². The van der Waals surface area contributed by atoms with E-state index in [0.717, 1.165) is 5.56 Å². The molecule has 1 atom stereocenters. The van der Waals surface area contributed by atoms with Gasteiger partial charge in [-0.05, 0) is 24.6 Å². The Kier molecular flexibility index (Phi) is 3.03. The third-order valence-corrected chi connectivity index (χ3v) is 1.96. The predicted molar refractivity (Wildman–Crippen MR) is 48.8 cm³/mol. The van der Waals surface area contributed by atoms with Crippen LogP contribution < -0.4 is 0 Å². The van der Waals surface area contributed by atoms with E-state index in [0.29, 0.717) is 5.56 Å². The smallest absolute Gasteiger partial charge is 0.335 e. The zero-order valence-electron chi connectivity index (χ0n) is 7.65. The molecule has 3 nitrogen and oxygen atoms in total. The number of hydrogen-bond acceptors (Lipinski definition) is 2. The topological polar surface area (TPSA) is 46.5 Å². The number of methoxy groups -OCH3 is 1. The van der Waals surface area contributed by atoms with Gasteiger partial charge in [-0.3, -0.25) is 0 Å². The van der Waals surface area contributed by atoms with Crippen molar-refractivity contribution >= 4 is 5.97 Å². The number of ether oxygens (including phenoxy) is 1. The van der Waals surface area contributed by atoms with Crippen molar-refractivity contribution in [2.45, 2.75) is 13.0 Å². The van der Waals surface area contributed by atoms with Gasteiger partial charge >= 0.3 is 5.97 Å². The van der Waals surface area contributed by atoms with Crippen LogP contribution in [0.4, 0.5) is 0 Å². The largest absolute Gasteiger partial charge is 0.478 e. The molecule has 0 aliphatic rings. The normalized spacial score (nSPS) is 12.5. The summed E-state index contributed by atoms with van der Waals surface area (Å²) in [6.45, 7) is 1.88. The summed E-state index contributed by atoms with van der Waals surface area (Å²) in [5.74, 6) is -0.912. The second-order valence-electron chi connectivity index (χ2n) is 2.81. The average molecular weight is 180 g/mol. The van der Waals surface area contributed by atoms with Gasteiger partial charge in [-0.1, -0.05) is 12.1 Å². The molecule has 1 aromatic carbocycles. The molecule has 0 aliphatic carbocycles. The molecule has 0 spiro atoms. The van der Waals surface area contributed by atoms with Crippen LogP contribution in [0.1, 0.15) is 28.9 Å². The van der Waals surface area contributed by atoms with Gasteiger partial charge < -0.3 is 9.84 Å². The standard InChI is InChI=1S/C10H12O3/c1-7(13-2)8-4-3-5-9(6-8)10(11)12/h3-7H,1-2H3,(H,11,12)/t7-/m1/s1. The molecule has 1 aromatic rings. The van der Waals surface area contributed by atoms with Crippen molar-refractivity contribution in [1.82, 2.24) is 0 Å². The molecule has 0 saturated carbocycles. The van der Waals surface area contributed by atoms with Gasteiger partial charge in [0.25, 0.3) is 0 Å². The van der Waals surface area contributed by atoms with E-state index in [1.54, 1.807) is 25.3 Å². The molecular formula is C10H12O3. The first-order chi connectivity index (χ1) is 6.15. The molecule has 0 saturated heterocycles. The van der Waals surface area contributed by atoms with Crippen LogP contribution in [0.3, 0.4) is 0 Å². The lowest BCUT2D eigenvalue weighted by Gasteiger charge is -2.09. The highest BCUT2D eigenvalue weighted by atomic mass is 16.5. The zero-order valence-corrected chi connectivity index (χ0v) is 7.65. The fourth-order valence-corrected chi connectivity index (χ4v) is 1.06. The van der Waals surface area contributed by atoms with Gasteiger partial charge in [0.1, 0.15) is 0 Å². The van der Waals surface area contributed by atoms with E-state index in [2.05, 4.69) is 0 Å². The number of rotatable bonds is 3. The molecule has 0 aromatic heterocycles. The first-order valence-electron chi connectivity index (χ1n) is 4.01. The first-order valence-corrected chi connectivity index (χ1v) is 4.01. The molecule has 0 radical (unpaired) electrons. The summed E-state index contributed by atoms with van der Waals surface area (Å²) in [6, 6.07) is 6.75. The molecule has 0 fully saturated rings. The van der Waals surface area contributed by atoms with E-state index in [1.165, 1.54) is 0 Å². The van der Waals surface area contributed by atoms with Crippen molar-refractivity contribution in [1.29, 1.82) is 0 Å². The van der Waals surface area contributed by atoms with Crippen LogP contribution in [0.15, 0.2) is 24.3 Å². The summed E-state index contributed by atoms with van der Waals surface area (Å²) in [5, 5.41) is 8.72. The molecule has 1 N–H and O–H groups in total. The van der Waals surface area contributed by atoms with Crippen LogP contribution in [0.25, 0.3) is 0 Å². The third-order valence-electron chi connectivity index (χ3n) is 1.96. The maximum atomic E-state index is 10.6. The van der Waals surface area contributed by atoms with Gasteiger partial charge in [-0.15, -0.1) is 0 Å². The molecule has 1 rings (SSSR count). The molecule has 0 bridgehead atoms. The first kappa shape index (κ1) is 9.74. The van der Waals surface area contributed by atoms with Gasteiger partial charge in [-0.25, -0.2) is 4.79 Å². The fraction of sp³-hybridized carbons (Fsp3) is 0.300. The van der Waals surface area contributed by atoms with Crippen LogP contribution >= 0.6 is 0 Å². The van der Waals surface area contributed by atoms with E-state index in [1.807, 2.05) is 13.0 Å². The Morgan fingerprint density at radius 2 is 2.23 bits per heavy atom. The Bertz CT molecular complexity index is 307. The molecule has 0 amide bonds. The minimum absolute atomic E-state index is 0.0701. The Hall–Kier alpha value is -1.35. The Morgan fingerprint density at radius 3 is 2.77 bits per heavy atom. The summed E-state index contributed by atoms with van der Waals surface area (Å²) >= 11 is 0. The van der Waals surface area contributed by atoms with E-state index >= 15 is 0 Å².